The van der Waals surface area contributed by atoms with Gasteiger partial charge >= 0.3 is 5.97 Å². The molecule has 0 fully saturated rings. The minimum Gasteiger partial charge on any atom is -0.462 e. The monoisotopic (exact) mass is 287 g/mol. The summed E-state index contributed by atoms with van der Waals surface area (Å²) in [5.41, 5.74) is 2.53. The number of halogens is 1. The number of ether oxygens (including phenoxy) is 1. The summed E-state index contributed by atoms with van der Waals surface area (Å²) < 4.78 is 18.3. The summed E-state index contributed by atoms with van der Waals surface area (Å²) in [6.07, 6.45) is 1.54. The molecule has 0 unspecified atom stereocenters. The molecule has 1 aromatic carbocycles. The molecule has 1 aromatic heterocycles. The van der Waals surface area contributed by atoms with Crippen molar-refractivity contribution in [1.82, 2.24) is 4.98 Å². The summed E-state index contributed by atoms with van der Waals surface area (Å²) in [6.45, 7) is 4.12. The van der Waals surface area contributed by atoms with Crippen LogP contribution in [0.15, 0.2) is 36.4 Å². The Labute approximate surface area is 123 Å². The van der Waals surface area contributed by atoms with E-state index in [1.54, 1.807) is 31.2 Å². The molecule has 0 N–H and O–H groups in total. The van der Waals surface area contributed by atoms with E-state index in [-0.39, 0.29) is 11.8 Å². The topological polar surface area (TPSA) is 39.2 Å². The van der Waals surface area contributed by atoms with Gasteiger partial charge in [-0.3, -0.25) is 4.98 Å². The number of carbonyl (C=O) groups excluding carboxylic acids is 1. The molecule has 0 bridgehead atoms. The molecule has 0 aliphatic carbocycles. The molecule has 0 amide bonds. The molecule has 110 valence electrons. The van der Waals surface area contributed by atoms with Gasteiger partial charge in [-0.1, -0.05) is 25.5 Å². The van der Waals surface area contributed by atoms with Crippen molar-refractivity contribution in [2.24, 2.45) is 0 Å². The smallest absolute Gasteiger partial charge is 0.339 e. The number of esters is 1. The van der Waals surface area contributed by atoms with Crippen molar-refractivity contribution < 1.29 is 13.9 Å². The van der Waals surface area contributed by atoms with E-state index in [9.17, 15) is 9.18 Å². The average Bonchev–Trinajstić information content (AvgIpc) is 2.48. The Hall–Kier alpha value is -2.23. The van der Waals surface area contributed by atoms with E-state index in [4.69, 9.17) is 4.74 Å². The van der Waals surface area contributed by atoms with Crippen molar-refractivity contribution in [2.45, 2.75) is 26.7 Å². The van der Waals surface area contributed by atoms with Crippen LogP contribution in [0.4, 0.5) is 4.39 Å². The number of aryl methyl sites for hydroxylation is 1. The highest BCUT2D eigenvalue weighted by molar-refractivity contribution is 5.91. The van der Waals surface area contributed by atoms with Gasteiger partial charge in [0.1, 0.15) is 5.82 Å². The van der Waals surface area contributed by atoms with Crippen molar-refractivity contribution in [3.8, 4) is 11.3 Å². The molecular formula is C17H18FNO2. The predicted molar refractivity (Wildman–Crippen MR) is 79.6 cm³/mol. The van der Waals surface area contributed by atoms with E-state index >= 15 is 0 Å². The van der Waals surface area contributed by atoms with Crippen LogP contribution in [-0.4, -0.2) is 17.6 Å². The summed E-state index contributed by atoms with van der Waals surface area (Å²) >= 11 is 0. The fourth-order valence-corrected chi connectivity index (χ4v) is 2.13. The van der Waals surface area contributed by atoms with Crippen molar-refractivity contribution in [3.05, 3.63) is 53.5 Å². The number of rotatable bonds is 5. The molecular weight excluding hydrogens is 269 g/mol. The van der Waals surface area contributed by atoms with Crippen LogP contribution in [0.1, 0.15) is 36.3 Å². The van der Waals surface area contributed by atoms with Gasteiger partial charge in [-0.15, -0.1) is 0 Å². The lowest BCUT2D eigenvalue weighted by Gasteiger charge is -2.10. The van der Waals surface area contributed by atoms with Gasteiger partial charge in [0.15, 0.2) is 0 Å². The third-order valence-electron chi connectivity index (χ3n) is 3.08. The SMILES string of the molecule is CCCc1nc(-c2cccc(F)c2)ccc1C(=O)OCC. The largest absolute Gasteiger partial charge is 0.462 e. The Morgan fingerprint density at radius 2 is 2.05 bits per heavy atom. The Balaban J connectivity index is 2.42. The molecule has 0 aliphatic rings. The number of hydrogen-bond donors (Lipinski definition) is 0. The van der Waals surface area contributed by atoms with E-state index in [2.05, 4.69) is 4.98 Å². The Bertz CT molecular complexity index is 640. The number of aromatic nitrogens is 1. The number of pyridine rings is 1. The molecule has 0 radical (unpaired) electrons. The first-order chi connectivity index (χ1) is 10.2. The molecule has 1 heterocycles. The van der Waals surface area contributed by atoms with Crippen molar-refractivity contribution in [2.75, 3.05) is 6.61 Å². The van der Waals surface area contributed by atoms with Gasteiger partial charge in [0, 0.05) is 5.56 Å². The first kappa shape index (κ1) is 15.2. The number of carbonyl (C=O) groups is 1. The molecule has 4 heteroatoms. The number of benzene rings is 1. The fraction of sp³-hybridized carbons (Fsp3) is 0.294. The maximum absolute atomic E-state index is 13.3. The Morgan fingerprint density at radius 3 is 2.71 bits per heavy atom. The van der Waals surface area contributed by atoms with Crippen LogP contribution in [0.2, 0.25) is 0 Å². The summed E-state index contributed by atoms with van der Waals surface area (Å²) in [5.74, 6) is -0.667. The molecule has 2 aromatic rings. The second-order valence-corrected chi connectivity index (χ2v) is 4.67. The van der Waals surface area contributed by atoms with Gasteiger partial charge in [-0.2, -0.15) is 0 Å². The molecule has 2 rings (SSSR count). The van der Waals surface area contributed by atoms with Crippen LogP contribution in [0, 0.1) is 5.82 Å². The van der Waals surface area contributed by atoms with Gasteiger partial charge in [-0.25, -0.2) is 9.18 Å². The first-order valence-electron chi connectivity index (χ1n) is 7.08. The molecule has 0 saturated heterocycles. The van der Waals surface area contributed by atoms with E-state index in [1.165, 1.54) is 12.1 Å². The predicted octanol–water partition coefficient (Wildman–Crippen LogP) is 4.02. The second-order valence-electron chi connectivity index (χ2n) is 4.67. The summed E-state index contributed by atoms with van der Waals surface area (Å²) in [5, 5.41) is 0. The average molecular weight is 287 g/mol. The van der Waals surface area contributed by atoms with Crippen molar-refractivity contribution in [1.29, 1.82) is 0 Å². The molecule has 0 aliphatic heterocycles. The summed E-state index contributed by atoms with van der Waals surface area (Å²) in [7, 11) is 0. The number of nitrogens with zero attached hydrogens (tertiary/aromatic N) is 1. The van der Waals surface area contributed by atoms with Crippen LogP contribution in [0.5, 0.6) is 0 Å². The van der Waals surface area contributed by atoms with Gasteiger partial charge in [0.2, 0.25) is 0 Å². The third kappa shape index (κ3) is 3.66. The number of hydrogen-bond acceptors (Lipinski definition) is 3. The van der Waals surface area contributed by atoms with Gasteiger partial charge in [0.05, 0.1) is 23.6 Å². The first-order valence-corrected chi connectivity index (χ1v) is 7.08. The molecule has 21 heavy (non-hydrogen) atoms. The van der Waals surface area contributed by atoms with Crippen molar-refractivity contribution >= 4 is 5.97 Å². The van der Waals surface area contributed by atoms with E-state index in [0.29, 0.717) is 35.5 Å². The summed E-state index contributed by atoms with van der Waals surface area (Å²) in [6, 6.07) is 9.69. The highest BCUT2D eigenvalue weighted by Gasteiger charge is 2.14. The van der Waals surface area contributed by atoms with E-state index in [0.717, 1.165) is 6.42 Å². The van der Waals surface area contributed by atoms with Crippen LogP contribution in [-0.2, 0) is 11.2 Å². The molecule has 3 nitrogen and oxygen atoms in total. The van der Waals surface area contributed by atoms with Crippen LogP contribution in [0.25, 0.3) is 11.3 Å². The Morgan fingerprint density at radius 1 is 1.24 bits per heavy atom. The van der Waals surface area contributed by atoms with Gasteiger partial charge in [-0.05, 0) is 37.6 Å². The highest BCUT2D eigenvalue weighted by atomic mass is 19.1. The van der Waals surface area contributed by atoms with E-state index in [1.807, 2.05) is 6.92 Å². The van der Waals surface area contributed by atoms with Gasteiger partial charge in [0.25, 0.3) is 0 Å². The zero-order valence-electron chi connectivity index (χ0n) is 12.2. The lowest BCUT2D eigenvalue weighted by atomic mass is 10.1. The van der Waals surface area contributed by atoms with Crippen molar-refractivity contribution in [3.63, 3.8) is 0 Å². The van der Waals surface area contributed by atoms with Gasteiger partial charge < -0.3 is 4.74 Å². The standard InChI is InChI=1S/C17H18FNO2/c1-3-6-16-14(17(20)21-4-2)9-10-15(19-16)12-7-5-8-13(18)11-12/h5,7-11H,3-4,6H2,1-2H3. The maximum atomic E-state index is 13.3. The Kier molecular flexibility index (Phi) is 5.04. The lowest BCUT2D eigenvalue weighted by molar-refractivity contribution is 0.0524. The quantitative estimate of drug-likeness (QED) is 0.780. The second kappa shape index (κ2) is 6.97. The van der Waals surface area contributed by atoms with Crippen LogP contribution in [0.3, 0.4) is 0 Å². The zero-order valence-corrected chi connectivity index (χ0v) is 12.2. The lowest BCUT2D eigenvalue weighted by Crippen LogP contribution is -2.10. The molecule has 0 atom stereocenters. The van der Waals surface area contributed by atoms with E-state index < -0.39 is 0 Å². The normalized spacial score (nSPS) is 10.4. The van der Waals surface area contributed by atoms with Crippen LogP contribution < -0.4 is 0 Å². The summed E-state index contributed by atoms with van der Waals surface area (Å²) in [4.78, 5) is 16.4. The minimum absolute atomic E-state index is 0.305. The third-order valence-corrected chi connectivity index (χ3v) is 3.08. The molecule has 0 saturated carbocycles. The molecule has 0 spiro atoms. The van der Waals surface area contributed by atoms with Crippen LogP contribution >= 0.6 is 0 Å². The maximum Gasteiger partial charge on any atom is 0.339 e. The minimum atomic E-state index is -0.362. The fourth-order valence-electron chi connectivity index (χ4n) is 2.13. The zero-order chi connectivity index (χ0) is 15.2. The highest BCUT2D eigenvalue weighted by Crippen LogP contribution is 2.21.